The van der Waals surface area contributed by atoms with Gasteiger partial charge in [-0.25, -0.2) is 8.42 Å². The molecule has 0 aliphatic rings. The Labute approximate surface area is 148 Å². The van der Waals surface area contributed by atoms with Gasteiger partial charge in [-0.1, -0.05) is 29.3 Å². The highest BCUT2D eigenvalue weighted by Gasteiger charge is 2.26. The largest absolute Gasteiger partial charge is 0.465 e. The van der Waals surface area contributed by atoms with Gasteiger partial charge in [-0.15, -0.1) is 0 Å². The van der Waals surface area contributed by atoms with E-state index in [4.69, 9.17) is 4.74 Å². The molecule has 0 radical (unpaired) electrons. The van der Waals surface area contributed by atoms with Crippen LogP contribution in [0.5, 0.6) is 0 Å². The number of carbonyl (C=O) groups is 1. The van der Waals surface area contributed by atoms with Crippen molar-refractivity contribution in [3.8, 4) is 0 Å². The lowest BCUT2D eigenvalue weighted by Gasteiger charge is -2.17. The molecule has 10 heteroatoms. The van der Waals surface area contributed by atoms with Gasteiger partial charge in [0.05, 0.1) is 16.4 Å². The standard InChI is InChI=1S/C14H19BrN2O6S/c1-2-3-10-23-14(18)13(8-9-15)16-24(21,22)12-6-4-11(5-7-12)17(19)20/h4-7,13,16H,2-3,8-10H2,1H3/t13-/m1/s1. The Balaban J connectivity index is 2.86. The van der Waals surface area contributed by atoms with E-state index >= 15 is 0 Å². The summed E-state index contributed by atoms with van der Waals surface area (Å²) in [4.78, 5) is 21.8. The van der Waals surface area contributed by atoms with Crippen molar-refractivity contribution in [1.29, 1.82) is 0 Å². The lowest BCUT2D eigenvalue weighted by atomic mass is 10.2. The number of non-ortho nitro benzene ring substituents is 1. The van der Waals surface area contributed by atoms with E-state index in [1.807, 2.05) is 6.92 Å². The Morgan fingerprint density at radius 2 is 2.00 bits per heavy atom. The Morgan fingerprint density at radius 1 is 1.38 bits per heavy atom. The second-order valence-corrected chi connectivity index (χ2v) is 7.43. The predicted molar refractivity (Wildman–Crippen MR) is 91.5 cm³/mol. The minimum absolute atomic E-state index is 0.158. The Morgan fingerprint density at radius 3 is 2.50 bits per heavy atom. The first-order chi connectivity index (χ1) is 11.3. The third-order valence-corrected chi connectivity index (χ3v) is 5.03. The van der Waals surface area contributed by atoms with Gasteiger partial charge < -0.3 is 4.74 Å². The van der Waals surface area contributed by atoms with Gasteiger partial charge in [0.25, 0.3) is 5.69 Å². The lowest BCUT2D eigenvalue weighted by Crippen LogP contribution is -2.42. The van der Waals surface area contributed by atoms with Gasteiger partial charge >= 0.3 is 5.97 Å². The highest BCUT2D eigenvalue weighted by atomic mass is 79.9. The number of carbonyl (C=O) groups excluding carboxylic acids is 1. The lowest BCUT2D eigenvalue weighted by molar-refractivity contribution is -0.384. The van der Waals surface area contributed by atoms with Crippen LogP contribution in [-0.4, -0.2) is 37.3 Å². The van der Waals surface area contributed by atoms with Crippen LogP contribution in [0.2, 0.25) is 0 Å². The number of hydrogen-bond donors (Lipinski definition) is 1. The molecule has 0 spiro atoms. The van der Waals surface area contributed by atoms with Gasteiger partial charge in [-0.05, 0) is 25.0 Å². The molecule has 0 saturated heterocycles. The molecule has 1 rings (SSSR count). The normalized spacial score (nSPS) is 12.6. The molecule has 1 aromatic carbocycles. The molecule has 1 aromatic rings. The van der Waals surface area contributed by atoms with E-state index < -0.39 is 27.0 Å². The van der Waals surface area contributed by atoms with Gasteiger partial charge in [0, 0.05) is 17.5 Å². The Hall–Kier alpha value is -1.52. The summed E-state index contributed by atoms with van der Waals surface area (Å²) in [5, 5.41) is 11.0. The second-order valence-electron chi connectivity index (χ2n) is 4.92. The zero-order valence-electron chi connectivity index (χ0n) is 13.1. The first-order valence-corrected chi connectivity index (χ1v) is 9.91. The fourth-order valence-electron chi connectivity index (χ4n) is 1.75. The molecule has 1 N–H and O–H groups in total. The highest BCUT2D eigenvalue weighted by Crippen LogP contribution is 2.16. The molecular formula is C14H19BrN2O6S. The molecule has 0 aliphatic carbocycles. The summed E-state index contributed by atoms with van der Waals surface area (Å²) >= 11 is 3.17. The summed E-state index contributed by atoms with van der Waals surface area (Å²) in [7, 11) is -3.99. The third kappa shape index (κ3) is 6.17. The SMILES string of the molecule is CCCCOC(=O)[C@@H](CCBr)NS(=O)(=O)c1ccc([N+](=O)[O-])cc1. The van der Waals surface area contributed by atoms with Gasteiger partial charge in [0.2, 0.25) is 10.0 Å². The van der Waals surface area contributed by atoms with Crippen LogP contribution >= 0.6 is 15.9 Å². The number of unbranched alkanes of at least 4 members (excludes halogenated alkanes) is 1. The maximum Gasteiger partial charge on any atom is 0.324 e. The van der Waals surface area contributed by atoms with Gasteiger partial charge in [0.15, 0.2) is 0 Å². The van der Waals surface area contributed by atoms with Crippen LogP contribution in [0, 0.1) is 10.1 Å². The number of alkyl halides is 1. The van der Waals surface area contributed by atoms with Crippen molar-refractivity contribution in [2.45, 2.75) is 37.1 Å². The van der Waals surface area contributed by atoms with E-state index in [-0.39, 0.29) is 23.6 Å². The summed E-state index contributed by atoms with van der Waals surface area (Å²) in [5.41, 5.74) is -0.218. The molecule has 0 unspecified atom stereocenters. The van der Waals surface area contributed by atoms with Crippen molar-refractivity contribution in [3.05, 3.63) is 34.4 Å². The van der Waals surface area contributed by atoms with Crippen LogP contribution < -0.4 is 4.72 Å². The third-order valence-electron chi connectivity index (χ3n) is 3.08. The maximum absolute atomic E-state index is 12.3. The number of halogens is 1. The first-order valence-electron chi connectivity index (χ1n) is 7.31. The molecule has 8 nitrogen and oxygen atoms in total. The molecule has 0 amide bonds. The number of benzene rings is 1. The van der Waals surface area contributed by atoms with Crippen LogP contribution in [0.4, 0.5) is 5.69 Å². The summed E-state index contributed by atoms with van der Waals surface area (Å²) in [6, 6.07) is 3.39. The average Bonchev–Trinajstić information content (AvgIpc) is 2.54. The number of hydrogen-bond acceptors (Lipinski definition) is 6. The molecule has 0 saturated carbocycles. The van der Waals surface area contributed by atoms with E-state index in [9.17, 15) is 23.3 Å². The fraction of sp³-hybridized carbons (Fsp3) is 0.500. The minimum Gasteiger partial charge on any atom is -0.465 e. The van der Waals surface area contributed by atoms with E-state index in [0.29, 0.717) is 11.8 Å². The van der Waals surface area contributed by atoms with Crippen molar-refractivity contribution in [2.75, 3.05) is 11.9 Å². The quantitative estimate of drug-likeness (QED) is 0.203. The molecule has 0 aromatic heterocycles. The van der Waals surface area contributed by atoms with Crippen molar-refractivity contribution in [1.82, 2.24) is 4.72 Å². The van der Waals surface area contributed by atoms with Gasteiger partial charge in [-0.2, -0.15) is 4.72 Å². The van der Waals surface area contributed by atoms with Gasteiger partial charge in [-0.3, -0.25) is 14.9 Å². The summed E-state index contributed by atoms with van der Waals surface area (Å²) in [5.74, 6) is -0.645. The zero-order valence-corrected chi connectivity index (χ0v) is 15.5. The summed E-state index contributed by atoms with van der Waals surface area (Å²) < 4.78 is 32.0. The minimum atomic E-state index is -3.99. The number of nitro groups is 1. The van der Waals surface area contributed by atoms with Gasteiger partial charge in [0.1, 0.15) is 6.04 Å². The van der Waals surface area contributed by atoms with Crippen molar-refractivity contribution < 1.29 is 22.9 Å². The van der Waals surface area contributed by atoms with Crippen LogP contribution in [0.15, 0.2) is 29.2 Å². The number of sulfonamides is 1. The zero-order chi connectivity index (χ0) is 18.2. The monoisotopic (exact) mass is 422 g/mol. The number of ether oxygens (including phenoxy) is 1. The van der Waals surface area contributed by atoms with E-state index in [2.05, 4.69) is 20.7 Å². The van der Waals surface area contributed by atoms with E-state index in [1.165, 1.54) is 0 Å². The number of rotatable bonds is 10. The molecule has 1 atom stereocenters. The van der Waals surface area contributed by atoms with Crippen LogP contribution in [0.3, 0.4) is 0 Å². The van der Waals surface area contributed by atoms with Crippen LogP contribution in [-0.2, 0) is 19.6 Å². The molecule has 0 heterocycles. The summed E-state index contributed by atoms with van der Waals surface area (Å²) in [6.45, 7) is 2.18. The topological polar surface area (TPSA) is 116 Å². The van der Waals surface area contributed by atoms with Crippen LogP contribution in [0.1, 0.15) is 26.2 Å². The molecule has 0 bridgehead atoms. The van der Waals surface area contributed by atoms with E-state index in [1.54, 1.807) is 0 Å². The molecule has 0 fully saturated rings. The molecular weight excluding hydrogens is 404 g/mol. The Bertz CT molecular complexity index is 662. The number of nitrogens with zero attached hydrogens (tertiary/aromatic N) is 1. The highest BCUT2D eigenvalue weighted by molar-refractivity contribution is 9.09. The Kier molecular flexibility index (Phi) is 8.29. The summed E-state index contributed by atoms with van der Waals surface area (Å²) in [6.07, 6.45) is 1.77. The van der Waals surface area contributed by atoms with Crippen molar-refractivity contribution >= 4 is 37.6 Å². The number of nitro benzene ring substituents is 1. The molecule has 0 aliphatic heterocycles. The number of esters is 1. The first kappa shape index (κ1) is 20.5. The average molecular weight is 423 g/mol. The molecule has 134 valence electrons. The van der Waals surface area contributed by atoms with E-state index in [0.717, 1.165) is 30.7 Å². The van der Waals surface area contributed by atoms with Crippen molar-refractivity contribution in [2.24, 2.45) is 0 Å². The maximum atomic E-state index is 12.3. The number of nitrogens with one attached hydrogen (secondary N) is 1. The molecule has 24 heavy (non-hydrogen) atoms. The second kappa shape index (κ2) is 9.70. The fourth-order valence-corrected chi connectivity index (χ4v) is 3.43. The predicted octanol–water partition coefficient (Wildman–Crippen LogP) is 2.37. The smallest absolute Gasteiger partial charge is 0.324 e. The van der Waals surface area contributed by atoms with Crippen LogP contribution in [0.25, 0.3) is 0 Å². The van der Waals surface area contributed by atoms with Crippen molar-refractivity contribution in [3.63, 3.8) is 0 Å².